The van der Waals surface area contributed by atoms with Crippen molar-refractivity contribution in [1.82, 2.24) is 4.31 Å². The van der Waals surface area contributed by atoms with Crippen LogP contribution in [-0.2, 0) is 4.79 Å². The number of alkyl halides is 5. The first kappa shape index (κ1) is 30.7. The van der Waals surface area contributed by atoms with Gasteiger partial charge in [0.1, 0.15) is 23.6 Å². The molecule has 1 aliphatic heterocycles. The van der Waals surface area contributed by atoms with Crippen LogP contribution in [0.2, 0.25) is 0 Å². The number of halogens is 6. The average molecular weight is 609 g/mol. The van der Waals surface area contributed by atoms with Gasteiger partial charge >= 0.3 is 12.1 Å². The van der Waals surface area contributed by atoms with E-state index < -0.39 is 29.9 Å². The summed E-state index contributed by atoms with van der Waals surface area (Å²) < 4.78 is 81.1. The Balaban J connectivity index is 0.000000557. The molecule has 220 valence electrons. The number of aliphatic carboxylic acids is 1. The van der Waals surface area contributed by atoms with Gasteiger partial charge in [0.2, 0.25) is 5.92 Å². The number of hydrogen-bond acceptors (Lipinski definition) is 6. The van der Waals surface area contributed by atoms with Crippen LogP contribution in [-0.4, -0.2) is 59.5 Å². The first-order chi connectivity index (χ1) is 18.7. The lowest BCUT2D eigenvalue weighted by molar-refractivity contribution is -0.144. The van der Waals surface area contributed by atoms with Crippen LogP contribution < -0.4 is 9.64 Å². The molecule has 3 aliphatic rings. The van der Waals surface area contributed by atoms with Crippen LogP contribution >= 0.6 is 23.7 Å². The Kier molecular flexibility index (Phi) is 9.16. The lowest BCUT2D eigenvalue weighted by Gasteiger charge is -2.35. The highest BCUT2D eigenvalue weighted by atomic mass is 32.2. The Morgan fingerprint density at radius 3 is 2.30 bits per heavy atom. The van der Waals surface area contributed by atoms with Crippen LogP contribution in [0.4, 0.5) is 37.7 Å². The van der Waals surface area contributed by atoms with Crippen molar-refractivity contribution in [2.75, 3.05) is 31.6 Å². The SMILES string of the molecule is CCC(F)(F)F.CN1CCN(c2ccc(F)cc2)c2cc(SC3CC(F)(F)C3)c(OCC3(C(=O)O)CC3)cc2S1. The van der Waals surface area contributed by atoms with Crippen molar-refractivity contribution in [3.63, 3.8) is 0 Å². The van der Waals surface area contributed by atoms with E-state index in [0.29, 0.717) is 25.1 Å². The molecule has 2 aromatic rings. The fourth-order valence-electron chi connectivity index (χ4n) is 4.14. The second-order valence-electron chi connectivity index (χ2n) is 10.2. The van der Waals surface area contributed by atoms with Gasteiger partial charge in [0.05, 0.1) is 15.5 Å². The highest BCUT2D eigenvalue weighted by Crippen LogP contribution is 2.52. The number of nitrogens with zero attached hydrogens (tertiary/aromatic N) is 2. The van der Waals surface area contributed by atoms with E-state index in [1.807, 2.05) is 19.2 Å². The van der Waals surface area contributed by atoms with Crippen molar-refractivity contribution in [3.8, 4) is 5.75 Å². The van der Waals surface area contributed by atoms with Gasteiger partial charge in [0.15, 0.2) is 0 Å². The molecule has 2 aromatic carbocycles. The van der Waals surface area contributed by atoms with E-state index in [-0.39, 0.29) is 30.5 Å². The number of fused-ring (bicyclic) bond motifs is 1. The number of hydrogen-bond donors (Lipinski definition) is 1. The molecule has 0 atom stereocenters. The molecule has 0 amide bonds. The molecule has 0 aromatic heterocycles. The molecule has 2 saturated carbocycles. The monoisotopic (exact) mass is 608 g/mol. The quantitative estimate of drug-likeness (QED) is 0.253. The topological polar surface area (TPSA) is 53.0 Å². The van der Waals surface area contributed by atoms with Crippen molar-refractivity contribution in [2.45, 2.75) is 66.2 Å². The third-order valence-corrected chi connectivity index (χ3v) is 9.16. The smallest absolute Gasteiger partial charge is 0.388 e. The van der Waals surface area contributed by atoms with E-state index in [1.54, 1.807) is 24.1 Å². The van der Waals surface area contributed by atoms with Crippen molar-refractivity contribution in [2.24, 2.45) is 5.41 Å². The first-order valence-electron chi connectivity index (χ1n) is 12.8. The van der Waals surface area contributed by atoms with Gasteiger partial charge in [-0.2, -0.15) is 13.2 Å². The summed E-state index contributed by atoms with van der Waals surface area (Å²) in [6, 6.07) is 10.1. The number of benzene rings is 2. The number of carbonyl (C=O) groups is 1. The zero-order valence-electron chi connectivity index (χ0n) is 21.9. The highest BCUT2D eigenvalue weighted by molar-refractivity contribution is 8.00. The average Bonchev–Trinajstić information content (AvgIpc) is 3.67. The number of ether oxygens (including phenoxy) is 1. The zero-order chi connectivity index (χ0) is 29.3. The van der Waals surface area contributed by atoms with Crippen LogP contribution in [0, 0.1) is 11.2 Å². The van der Waals surface area contributed by atoms with Crippen molar-refractivity contribution >= 4 is 41.1 Å². The molecule has 1 heterocycles. The molecule has 1 N–H and O–H groups in total. The minimum absolute atomic E-state index is 0.0533. The van der Waals surface area contributed by atoms with E-state index >= 15 is 0 Å². The molecular formula is C27H30F6N2O3S2. The van der Waals surface area contributed by atoms with Gasteiger partial charge in [-0.1, -0.05) is 6.92 Å². The second-order valence-corrected chi connectivity index (χ2v) is 12.8. The summed E-state index contributed by atoms with van der Waals surface area (Å²) in [6.45, 7) is 2.54. The van der Waals surface area contributed by atoms with Crippen LogP contribution in [0.5, 0.6) is 5.75 Å². The summed E-state index contributed by atoms with van der Waals surface area (Å²) >= 11 is 2.90. The summed E-state index contributed by atoms with van der Waals surface area (Å²) in [5, 5.41) is 9.30. The molecule has 5 nitrogen and oxygen atoms in total. The Morgan fingerprint density at radius 1 is 1.15 bits per heavy atom. The molecule has 40 heavy (non-hydrogen) atoms. The molecule has 0 saturated heterocycles. The summed E-state index contributed by atoms with van der Waals surface area (Å²) in [4.78, 5) is 15.3. The van der Waals surface area contributed by atoms with Crippen molar-refractivity contribution in [1.29, 1.82) is 0 Å². The van der Waals surface area contributed by atoms with E-state index in [1.165, 1.54) is 23.9 Å². The standard InChI is InChI=1S/C24H25F3N2O3S2.C3H5F3/c1-28-8-9-29(16-4-2-15(25)3-5-16)18-10-21(33-17-12-24(26,27)13-17)19(11-20(18)34-28)32-14-23(6-7-23)22(30)31;1-2-3(4,5)6/h2-5,10-11,17H,6-9,12-14H2,1H3,(H,30,31);2H2,1H3. The summed E-state index contributed by atoms with van der Waals surface area (Å²) in [5.41, 5.74) is 0.866. The summed E-state index contributed by atoms with van der Waals surface area (Å²) in [6.07, 6.45) is -3.92. The molecule has 13 heteroatoms. The number of carboxylic acids is 1. The van der Waals surface area contributed by atoms with Crippen LogP contribution in [0.3, 0.4) is 0 Å². The third kappa shape index (κ3) is 7.73. The van der Waals surface area contributed by atoms with Crippen LogP contribution in [0.1, 0.15) is 39.0 Å². The summed E-state index contributed by atoms with van der Waals surface area (Å²) in [5.74, 6) is -3.30. The van der Waals surface area contributed by atoms with Gasteiger partial charge in [-0.05, 0) is 68.2 Å². The Bertz CT molecular complexity index is 1200. The molecule has 2 fully saturated rings. The number of thioether (sulfide) groups is 1. The number of carboxylic acid groups (broad SMARTS) is 1. The van der Waals surface area contributed by atoms with Gasteiger partial charge in [0, 0.05) is 43.3 Å². The normalized spacial score (nSPS) is 19.9. The van der Waals surface area contributed by atoms with Gasteiger partial charge in [-0.15, -0.1) is 11.8 Å². The van der Waals surface area contributed by atoms with Gasteiger partial charge in [0.25, 0.3) is 0 Å². The largest absolute Gasteiger partial charge is 0.491 e. The second kappa shape index (κ2) is 11.9. The Labute approximate surface area is 237 Å². The van der Waals surface area contributed by atoms with Gasteiger partial charge in [-0.25, -0.2) is 17.5 Å². The molecule has 0 bridgehead atoms. The minimum atomic E-state index is -3.96. The Hall–Kier alpha value is -2.25. The highest BCUT2D eigenvalue weighted by Gasteiger charge is 2.51. The van der Waals surface area contributed by atoms with E-state index in [9.17, 15) is 36.2 Å². The molecular weight excluding hydrogens is 578 g/mol. The van der Waals surface area contributed by atoms with Crippen molar-refractivity contribution < 1.29 is 41.0 Å². The van der Waals surface area contributed by atoms with Gasteiger partial charge < -0.3 is 14.7 Å². The predicted molar refractivity (Wildman–Crippen MR) is 143 cm³/mol. The predicted octanol–water partition coefficient (Wildman–Crippen LogP) is 8.01. The zero-order valence-corrected chi connectivity index (χ0v) is 23.6. The Morgan fingerprint density at radius 2 is 1.77 bits per heavy atom. The fraction of sp³-hybridized carbons (Fsp3) is 0.519. The minimum Gasteiger partial charge on any atom is -0.491 e. The van der Waals surface area contributed by atoms with E-state index in [0.717, 1.165) is 34.6 Å². The van der Waals surface area contributed by atoms with E-state index in [4.69, 9.17) is 4.74 Å². The maximum absolute atomic E-state index is 13.5. The number of rotatable bonds is 7. The molecule has 5 rings (SSSR count). The first-order valence-corrected chi connectivity index (χ1v) is 14.4. The van der Waals surface area contributed by atoms with Crippen molar-refractivity contribution in [3.05, 3.63) is 42.2 Å². The summed E-state index contributed by atoms with van der Waals surface area (Å²) in [7, 11) is 1.98. The third-order valence-electron chi connectivity index (χ3n) is 6.91. The molecule has 0 radical (unpaired) electrons. The lowest BCUT2D eigenvalue weighted by Crippen LogP contribution is -2.37. The number of likely N-dealkylation sites (N-methyl/N-ethyl adjacent to an activating group) is 1. The van der Waals surface area contributed by atoms with Crippen LogP contribution in [0.25, 0.3) is 0 Å². The maximum Gasteiger partial charge on any atom is 0.388 e. The maximum atomic E-state index is 13.5. The fourth-order valence-corrected chi connectivity index (χ4v) is 6.50. The van der Waals surface area contributed by atoms with E-state index in [2.05, 4.69) is 9.21 Å². The lowest BCUT2D eigenvalue weighted by atomic mass is 9.94. The molecule has 0 spiro atoms. The number of anilines is 2. The molecule has 2 aliphatic carbocycles. The van der Waals surface area contributed by atoms with Gasteiger partial charge in [-0.3, -0.25) is 4.79 Å². The van der Waals surface area contributed by atoms with Crippen LogP contribution in [0.15, 0.2) is 46.2 Å². The molecule has 0 unspecified atom stereocenters.